The number of thiazole rings is 1. The molecule has 0 unspecified atom stereocenters. The van der Waals surface area contributed by atoms with Crippen LogP contribution in [0.5, 0.6) is 5.75 Å². The lowest BCUT2D eigenvalue weighted by atomic mass is 9.83. The highest BCUT2D eigenvalue weighted by Gasteiger charge is 2.32. The number of benzene rings is 3. The molecule has 7 rings (SSSR count). The standard InChI is InChI=1S/C34H28ClN3O2S/c1-20-18-24(21(2)37(20)26-13-11-25(35)12-14-26)19-30-33(39)38-32(23-8-15-27(40-3)16-9-23)29-17-10-22-6-4-5-7-28(22)31(29)36-34(38)41-30/h4-9,11-16,18-19,32H,10,17H2,1-3H3/b30-19+/t32-/m1/s1. The summed E-state index contributed by atoms with van der Waals surface area (Å²) < 4.78 is 10.2. The van der Waals surface area contributed by atoms with E-state index in [1.165, 1.54) is 22.5 Å². The molecule has 0 fully saturated rings. The molecule has 3 heterocycles. The lowest BCUT2D eigenvalue weighted by Crippen LogP contribution is -2.38. The fourth-order valence-electron chi connectivity index (χ4n) is 6.17. The molecule has 41 heavy (non-hydrogen) atoms. The molecule has 204 valence electrons. The zero-order valence-electron chi connectivity index (χ0n) is 23.0. The molecule has 0 saturated carbocycles. The van der Waals surface area contributed by atoms with E-state index in [4.69, 9.17) is 21.3 Å². The van der Waals surface area contributed by atoms with Crippen molar-refractivity contribution in [1.29, 1.82) is 0 Å². The van der Waals surface area contributed by atoms with Gasteiger partial charge in [-0.05, 0) is 97.5 Å². The molecule has 1 atom stereocenters. The Morgan fingerprint density at radius 1 is 1.00 bits per heavy atom. The van der Waals surface area contributed by atoms with Crippen LogP contribution in [0.4, 0.5) is 0 Å². The predicted octanol–water partition coefficient (Wildman–Crippen LogP) is 6.39. The summed E-state index contributed by atoms with van der Waals surface area (Å²) in [7, 11) is 1.67. The van der Waals surface area contributed by atoms with Crippen molar-refractivity contribution in [3.63, 3.8) is 0 Å². The topological polar surface area (TPSA) is 48.5 Å². The second-order valence-electron chi connectivity index (χ2n) is 10.5. The zero-order chi connectivity index (χ0) is 28.2. The zero-order valence-corrected chi connectivity index (χ0v) is 24.6. The quantitative estimate of drug-likeness (QED) is 0.249. The van der Waals surface area contributed by atoms with Gasteiger partial charge < -0.3 is 9.30 Å². The van der Waals surface area contributed by atoms with Crippen LogP contribution in [0.1, 0.15) is 46.1 Å². The van der Waals surface area contributed by atoms with Crippen LogP contribution < -0.4 is 19.6 Å². The largest absolute Gasteiger partial charge is 0.497 e. The second-order valence-corrected chi connectivity index (χ2v) is 12.0. The third-order valence-corrected chi connectivity index (χ3v) is 9.38. The number of aryl methyl sites for hydroxylation is 2. The van der Waals surface area contributed by atoms with Crippen molar-refractivity contribution in [2.24, 2.45) is 4.99 Å². The normalized spacial score (nSPS) is 16.2. The van der Waals surface area contributed by atoms with Crippen LogP contribution in [0.2, 0.25) is 5.02 Å². The van der Waals surface area contributed by atoms with Gasteiger partial charge in [0.15, 0.2) is 4.80 Å². The molecule has 0 N–H and O–H groups in total. The maximum absolute atomic E-state index is 14.2. The van der Waals surface area contributed by atoms with Crippen LogP contribution in [0.25, 0.3) is 17.5 Å². The van der Waals surface area contributed by atoms with Gasteiger partial charge in [-0.25, -0.2) is 4.99 Å². The molecule has 3 aromatic carbocycles. The molecule has 7 heteroatoms. The highest BCUT2D eigenvalue weighted by molar-refractivity contribution is 7.07. The first-order valence-corrected chi connectivity index (χ1v) is 14.8. The van der Waals surface area contributed by atoms with E-state index < -0.39 is 0 Å². The fraction of sp³-hybridized carbons (Fsp3) is 0.176. The first kappa shape index (κ1) is 25.8. The average molecular weight is 578 g/mol. The van der Waals surface area contributed by atoms with Gasteiger partial charge in [-0.1, -0.05) is 59.3 Å². The Morgan fingerprint density at radius 3 is 2.51 bits per heavy atom. The van der Waals surface area contributed by atoms with Crippen molar-refractivity contribution in [3.8, 4) is 11.4 Å². The monoisotopic (exact) mass is 577 g/mol. The van der Waals surface area contributed by atoms with E-state index in [0.717, 1.165) is 62.9 Å². The Kier molecular flexibility index (Phi) is 6.33. The van der Waals surface area contributed by atoms with Crippen molar-refractivity contribution in [1.82, 2.24) is 9.13 Å². The van der Waals surface area contributed by atoms with Gasteiger partial charge in [0, 0.05) is 27.7 Å². The minimum absolute atomic E-state index is 0.0173. The number of hydrogen-bond donors (Lipinski definition) is 0. The van der Waals surface area contributed by atoms with Gasteiger partial charge in [-0.15, -0.1) is 0 Å². The number of rotatable bonds is 4. The molecule has 0 amide bonds. The number of fused-ring (bicyclic) bond motifs is 3. The number of methoxy groups -OCH3 is 1. The van der Waals surface area contributed by atoms with E-state index in [0.29, 0.717) is 9.55 Å². The van der Waals surface area contributed by atoms with Crippen LogP contribution in [-0.4, -0.2) is 16.2 Å². The van der Waals surface area contributed by atoms with Crippen molar-refractivity contribution < 1.29 is 4.74 Å². The third kappa shape index (κ3) is 4.30. The van der Waals surface area contributed by atoms with Gasteiger partial charge >= 0.3 is 0 Å². The van der Waals surface area contributed by atoms with E-state index in [1.807, 2.05) is 47.0 Å². The average Bonchev–Trinajstić information content (AvgIpc) is 3.46. The van der Waals surface area contributed by atoms with E-state index in [9.17, 15) is 4.79 Å². The number of allylic oxidation sites excluding steroid dienone is 1. The summed E-state index contributed by atoms with van der Waals surface area (Å²) in [6.45, 7) is 4.16. The van der Waals surface area contributed by atoms with Gasteiger partial charge in [0.1, 0.15) is 5.75 Å². The Balaban J connectivity index is 1.42. The molecule has 0 spiro atoms. The summed E-state index contributed by atoms with van der Waals surface area (Å²) in [4.78, 5) is 20.0. The van der Waals surface area contributed by atoms with Crippen LogP contribution in [0.3, 0.4) is 0 Å². The van der Waals surface area contributed by atoms with Gasteiger partial charge in [-0.3, -0.25) is 9.36 Å². The number of aromatic nitrogens is 2. The highest BCUT2D eigenvalue weighted by Crippen LogP contribution is 2.41. The minimum Gasteiger partial charge on any atom is -0.497 e. The highest BCUT2D eigenvalue weighted by atomic mass is 35.5. The lowest BCUT2D eigenvalue weighted by molar-refractivity contribution is 0.414. The van der Waals surface area contributed by atoms with Crippen LogP contribution in [0.15, 0.2) is 94.2 Å². The molecule has 5 aromatic rings. The maximum atomic E-state index is 14.2. The van der Waals surface area contributed by atoms with Gasteiger partial charge in [-0.2, -0.15) is 0 Å². The number of nitrogens with zero attached hydrogens (tertiary/aromatic N) is 3. The molecule has 2 aromatic heterocycles. The van der Waals surface area contributed by atoms with Crippen molar-refractivity contribution in [2.45, 2.75) is 32.7 Å². The second kappa shape index (κ2) is 10.1. The van der Waals surface area contributed by atoms with Crippen LogP contribution in [-0.2, 0) is 6.42 Å². The summed E-state index contributed by atoms with van der Waals surface area (Å²) in [5.74, 6) is 0.792. The predicted molar refractivity (Wildman–Crippen MR) is 166 cm³/mol. The maximum Gasteiger partial charge on any atom is 0.271 e. The molecular weight excluding hydrogens is 550 g/mol. The summed E-state index contributed by atoms with van der Waals surface area (Å²) >= 11 is 7.59. The first-order chi connectivity index (χ1) is 19.9. The van der Waals surface area contributed by atoms with Gasteiger partial charge in [0.05, 0.1) is 23.4 Å². The van der Waals surface area contributed by atoms with Gasteiger partial charge in [0.2, 0.25) is 0 Å². The Hall–Kier alpha value is -4.13. The molecule has 0 bridgehead atoms. The number of halogens is 1. The molecule has 5 nitrogen and oxygen atoms in total. The smallest absolute Gasteiger partial charge is 0.271 e. The minimum atomic E-state index is -0.218. The summed E-state index contributed by atoms with van der Waals surface area (Å²) in [6, 6.07) is 26.3. The van der Waals surface area contributed by atoms with Crippen LogP contribution >= 0.6 is 22.9 Å². The summed E-state index contributed by atoms with van der Waals surface area (Å²) in [6.07, 6.45) is 3.80. The fourth-order valence-corrected chi connectivity index (χ4v) is 7.29. The molecule has 2 aliphatic rings. The lowest BCUT2D eigenvalue weighted by Gasteiger charge is -2.30. The van der Waals surface area contributed by atoms with E-state index in [1.54, 1.807) is 7.11 Å². The van der Waals surface area contributed by atoms with Crippen LogP contribution in [0, 0.1) is 13.8 Å². The van der Waals surface area contributed by atoms with Crippen molar-refractivity contribution >= 4 is 34.7 Å². The first-order valence-electron chi connectivity index (χ1n) is 13.6. The van der Waals surface area contributed by atoms with E-state index in [-0.39, 0.29) is 11.6 Å². The molecular formula is C34H28ClN3O2S. The van der Waals surface area contributed by atoms with E-state index in [2.05, 4.69) is 60.9 Å². The van der Waals surface area contributed by atoms with Gasteiger partial charge in [0.25, 0.3) is 5.56 Å². The Morgan fingerprint density at radius 2 is 1.76 bits per heavy atom. The van der Waals surface area contributed by atoms with E-state index >= 15 is 0 Å². The Labute approximate surface area is 247 Å². The third-order valence-electron chi connectivity index (χ3n) is 8.15. The number of ether oxygens (including phenoxy) is 1. The SMILES string of the molecule is COc1ccc([C@@H]2C3=C(N=c4s/c(=C/c5cc(C)n(-c6ccc(Cl)cc6)c5C)c(=O)n42)c2ccccc2CC3)cc1. The van der Waals surface area contributed by atoms with Crippen molar-refractivity contribution in [2.75, 3.05) is 7.11 Å². The molecule has 0 radical (unpaired) electrons. The molecule has 1 aliphatic carbocycles. The molecule has 1 aliphatic heterocycles. The molecule has 0 saturated heterocycles. The number of hydrogen-bond acceptors (Lipinski definition) is 4. The van der Waals surface area contributed by atoms with Crippen molar-refractivity contribution in [3.05, 3.63) is 143 Å². The Bertz CT molecular complexity index is 2030. The summed E-state index contributed by atoms with van der Waals surface area (Å²) in [5.41, 5.74) is 9.90. The summed E-state index contributed by atoms with van der Waals surface area (Å²) in [5, 5.41) is 0.703.